The predicted molar refractivity (Wildman–Crippen MR) is 58.1 cm³/mol. The van der Waals surface area contributed by atoms with Crippen LogP contribution < -0.4 is 11.6 Å². The lowest BCUT2D eigenvalue weighted by atomic mass is 10.2. The summed E-state index contributed by atoms with van der Waals surface area (Å²) in [5, 5.41) is 6.60. The van der Waals surface area contributed by atoms with Crippen LogP contribution in [0.25, 0.3) is 0 Å². The van der Waals surface area contributed by atoms with Gasteiger partial charge in [-0.2, -0.15) is 0 Å². The lowest BCUT2D eigenvalue weighted by Gasteiger charge is -2.44. The van der Waals surface area contributed by atoms with Gasteiger partial charge >= 0.3 is 0 Å². The summed E-state index contributed by atoms with van der Waals surface area (Å²) in [7, 11) is 3.60. The molecule has 0 bridgehead atoms. The van der Waals surface area contributed by atoms with Gasteiger partial charge in [0.05, 0.1) is 6.54 Å². The first kappa shape index (κ1) is 12.0. The molecular weight excluding hydrogens is 196 g/mol. The molecule has 0 aromatic rings. The van der Waals surface area contributed by atoms with Gasteiger partial charge in [0.15, 0.2) is 0 Å². The number of hydroxylamine groups is 2. The summed E-state index contributed by atoms with van der Waals surface area (Å²) in [6.07, 6.45) is 0. The van der Waals surface area contributed by atoms with Crippen molar-refractivity contribution < 1.29 is 4.84 Å². The summed E-state index contributed by atoms with van der Waals surface area (Å²) >= 11 is 0. The molecule has 0 atom stereocenters. The van der Waals surface area contributed by atoms with Crippen molar-refractivity contribution in [1.29, 1.82) is 0 Å². The highest BCUT2D eigenvalue weighted by molar-refractivity contribution is 5.76. The minimum atomic E-state index is -0.383. The summed E-state index contributed by atoms with van der Waals surface area (Å²) < 4.78 is 0. The van der Waals surface area contributed by atoms with Crippen molar-refractivity contribution in [2.45, 2.75) is 19.6 Å². The van der Waals surface area contributed by atoms with Gasteiger partial charge in [-0.3, -0.25) is 4.90 Å². The quantitative estimate of drug-likeness (QED) is 0.251. The van der Waals surface area contributed by atoms with Crippen LogP contribution in [0.2, 0.25) is 0 Å². The maximum Gasteiger partial charge on any atom is 0.239 e. The number of nitrogens with two attached hydrogens (primary N) is 2. The van der Waals surface area contributed by atoms with E-state index in [0.29, 0.717) is 6.54 Å². The van der Waals surface area contributed by atoms with Crippen LogP contribution in [0.3, 0.4) is 0 Å². The van der Waals surface area contributed by atoms with Crippen LogP contribution in [0.5, 0.6) is 0 Å². The molecule has 0 amide bonds. The third-order valence-electron chi connectivity index (χ3n) is 2.41. The standard InChI is InChI=1S/C8H20N6O/c1-8(2)12(3)5-6-14(15-8)7(9)11-13(4)10/h5-6,10H2,1-4H3,(H2,9,11). The third-order valence-corrected chi connectivity index (χ3v) is 2.41. The summed E-state index contributed by atoms with van der Waals surface area (Å²) in [6, 6.07) is 0. The number of nitrogens with zero attached hydrogens (tertiary/aromatic N) is 4. The molecule has 0 aliphatic carbocycles. The average Bonchev–Trinajstić information content (AvgIpc) is 2.08. The SMILES string of the molecule is CN(N)/N=C(\N)N1CCN(C)C(C)(C)O1. The van der Waals surface area contributed by atoms with E-state index < -0.39 is 0 Å². The number of hydrogen-bond acceptors (Lipinski definition) is 5. The van der Waals surface area contributed by atoms with E-state index in [1.807, 2.05) is 20.9 Å². The molecule has 0 aromatic carbocycles. The van der Waals surface area contributed by atoms with Crippen LogP contribution in [-0.2, 0) is 4.84 Å². The van der Waals surface area contributed by atoms with E-state index in [-0.39, 0.29) is 11.7 Å². The number of guanidine groups is 1. The van der Waals surface area contributed by atoms with E-state index in [2.05, 4.69) is 10.0 Å². The molecule has 0 spiro atoms. The molecule has 1 aliphatic heterocycles. The highest BCUT2D eigenvalue weighted by Gasteiger charge is 2.33. The van der Waals surface area contributed by atoms with Gasteiger partial charge < -0.3 is 5.73 Å². The van der Waals surface area contributed by atoms with Gasteiger partial charge in [0, 0.05) is 13.6 Å². The van der Waals surface area contributed by atoms with E-state index in [0.717, 1.165) is 11.7 Å². The summed E-state index contributed by atoms with van der Waals surface area (Å²) in [5.74, 6) is 5.63. The zero-order chi connectivity index (χ0) is 11.6. The number of hydrazine groups is 1. The second kappa shape index (κ2) is 4.21. The first-order valence-corrected chi connectivity index (χ1v) is 4.83. The van der Waals surface area contributed by atoms with Crippen LogP contribution >= 0.6 is 0 Å². The Morgan fingerprint density at radius 1 is 1.47 bits per heavy atom. The molecule has 1 aliphatic rings. The molecule has 88 valence electrons. The second-order valence-electron chi connectivity index (χ2n) is 4.09. The van der Waals surface area contributed by atoms with Crippen molar-refractivity contribution in [2.75, 3.05) is 27.2 Å². The summed E-state index contributed by atoms with van der Waals surface area (Å²) in [5.41, 5.74) is 5.34. The van der Waals surface area contributed by atoms with E-state index >= 15 is 0 Å². The minimum absolute atomic E-state index is 0.265. The second-order valence-corrected chi connectivity index (χ2v) is 4.09. The molecule has 1 saturated heterocycles. The molecule has 1 fully saturated rings. The van der Waals surface area contributed by atoms with Gasteiger partial charge in [-0.05, 0) is 20.9 Å². The molecular formula is C8H20N6O. The molecule has 15 heavy (non-hydrogen) atoms. The van der Waals surface area contributed by atoms with Crippen molar-refractivity contribution in [3.8, 4) is 0 Å². The molecule has 7 heteroatoms. The Kier molecular flexibility index (Phi) is 3.38. The minimum Gasteiger partial charge on any atom is -0.366 e. The highest BCUT2D eigenvalue weighted by atomic mass is 16.7. The molecule has 0 saturated carbocycles. The van der Waals surface area contributed by atoms with E-state index in [1.165, 1.54) is 0 Å². The normalized spacial score (nSPS) is 23.0. The predicted octanol–water partition coefficient (Wildman–Crippen LogP) is -1.06. The average molecular weight is 216 g/mol. The molecule has 0 aromatic heterocycles. The highest BCUT2D eigenvalue weighted by Crippen LogP contribution is 2.20. The van der Waals surface area contributed by atoms with Crippen molar-refractivity contribution in [2.24, 2.45) is 16.7 Å². The fraction of sp³-hybridized carbons (Fsp3) is 0.875. The van der Waals surface area contributed by atoms with Crippen LogP contribution in [0.1, 0.15) is 13.8 Å². The number of hydrazone groups is 1. The van der Waals surface area contributed by atoms with Crippen LogP contribution in [0.15, 0.2) is 5.10 Å². The largest absolute Gasteiger partial charge is 0.366 e. The Bertz CT molecular complexity index is 252. The Morgan fingerprint density at radius 2 is 2.07 bits per heavy atom. The van der Waals surface area contributed by atoms with E-state index in [9.17, 15) is 0 Å². The lowest BCUT2D eigenvalue weighted by molar-refractivity contribution is -0.277. The monoisotopic (exact) mass is 216 g/mol. The van der Waals surface area contributed by atoms with Crippen molar-refractivity contribution >= 4 is 5.96 Å². The van der Waals surface area contributed by atoms with Gasteiger partial charge in [0.25, 0.3) is 0 Å². The fourth-order valence-corrected chi connectivity index (χ4v) is 1.27. The first-order valence-electron chi connectivity index (χ1n) is 4.83. The van der Waals surface area contributed by atoms with E-state index in [1.54, 1.807) is 12.1 Å². The molecule has 0 radical (unpaired) electrons. The Morgan fingerprint density at radius 3 is 2.53 bits per heavy atom. The lowest BCUT2D eigenvalue weighted by Crippen LogP contribution is -2.58. The van der Waals surface area contributed by atoms with Gasteiger partial charge in [-0.1, -0.05) is 0 Å². The first-order chi connectivity index (χ1) is 6.83. The van der Waals surface area contributed by atoms with Crippen molar-refractivity contribution in [3.63, 3.8) is 0 Å². The Hall–Kier alpha value is -1.05. The fourth-order valence-electron chi connectivity index (χ4n) is 1.27. The Balaban J connectivity index is 2.67. The zero-order valence-electron chi connectivity index (χ0n) is 9.77. The summed E-state index contributed by atoms with van der Waals surface area (Å²) in [4.78, 5) is 7.77. The summed E-state index contributed by atoms with van der Waals surface area (Å²) in [6.45, 7) is 5.47. The maximum absolute atomic E-state index is 5.73. The maximum atomic E-state index is 5.73. The van der Waals surface area contributed by atoms with Crippen LogP contribution in [-0.4, -0.2) is 54.0 Å². The third kappa shape index (κ3) is 2.95. The topological polar surface area (TPSA) is 83.3 Å². The van der Waals surface area contributed by atoms with E-state index in [4.69, 9.17) is 16.4 Å². The number of likely N-dealkylation sites (N-methyl/N-ethyl adjacent to an activating group) is 1. The van der Waals surface area contributed by atoms with Crippen molar-refractivity contribution in [3.05, 3.63) is 0 Å². The van der Waals surface area contributed by atoms with Gasteiger partial charge in [-0.15, -0.1) is 5.10 Å². The molecule has 7 nitrogen and oxygen atoms in total. The number of rotatable bonds is 1. The molecule has 1 heterocycles. The van der Waals surface area contributed by atoms with Gasteiger partial charge in [0.1, 0.15) is 5.72 Å². The van der Waals surface area contributed by atoms with Gasteiger partial charge in [0.2, 0.25) is 5.96 Å². The smallest absolute Gasteiger partial charge is 0.239 e. The molecule has 0 unspecified atom stereocenters. The molecule has 1 rings (SSSR count). The Labute approximate surface area is 90.2 Å². The van der Waals surface area contributed by atoms with Gasteiger partial charge in [-0.25, -0.2) is 20.9 Å². The molecule has 4 N–H and O–H groups in total. The van der Waals surface area contributed by atoms with Crippen LogP contribution in [0, 0.1) is 0 Å². The van der Waals surface area contributed by atoms with Crippen LogP contribution in [0.4, 0.5) is 0 Å². The van der Waals surface area contributed by atoms with Crippen molar-refractivity contribution in [1.82, 2.24) is 15.1 Å². The zero-order valence-corrected chi connectivity index (χ0v) is 9.77. The number of hydrogen-bond donors (Lipinski definition) is 2.